The summed E-state index contributed by atoms with van der Waals surface area (Å²) in [4.78, 5) is 0. The van der Waals surface area contributed by atoms with Crippen molar-refractivity contribution in [1.82, 2.24) is 4.57 Å². The molecule has 0 aliphatic carbocycles. The molecule has 1 aromatic heterocycles. The Balaban J connectivity index is 1.99. The highest BCUT2D eigenvalue weighted by atomic mass is 15.1. The first-order valence-electron chi connectivity index (χ1n) is 13.9. The first-order valence-corrected chi connectivity index (χ1v) is 13.9. The summed E-state index contributed by atoms with van der Waals surface area (Å²) in [5.41, 5.74) is 0. The topological polar surface area (TPSA) is 8.81 Å². The van der Waals surface area contributed by atoms with Crippen molar-refractivity contribution < 1.29 is 4.57 Å². The van der Waals surface area contributed by atoms with Crippen LogP contribution in [0.15, 0.2) is 12.4 Å². The fourth-order valence-electron chi connectivity index (χ4n) is 4.67. The molecule has 1 heterocycles. The van der Waals surface area contributed by atoms with Gasteiger partial charge in [-0.15, -0.1) is 0 Å². The highest BCUT2D eigenvalue weighted by Gasteiger charge is 2.14. The van der Waals surface area contributed by atoms with E-state index < -0.39 is 0 Å². The maximum atomic E-state index is 2.52. The number of nitrogens with zero attached hydrogens (tertiary/aromatic N) is 2. The molecule has 0 spiro atoms. The standard InChI is InChI=1S/C28H55N2/c1-4-7-9-11-12-13-14-15-16-17-18-19-21-23-25-30-27-26-29(28(30)6-3)24-22-20-10-8-5-2/h26-27H,4-25H2,1-3H3/q+1. The predicted molar refractivity (Wildman–Crippen MR) is 133 cm³/mol. The van der Waals surface area contributed by atoms with Crippen molar-refractivity contribution in [3.8, 4) is 0 Å². The van der Waals surface area contributed by atoms with Gasteiger partial charge in [0.25, 0.3) is 5.82 Å². The highest BCUT2D eigenvalue weighted by Crippen LogP contribution is 2.13. The van der Waals surface area contributed by atoms with E-state index in [9.17, 15) is 0 Å². The smallest absolute Gasteiger partial charge is 0.234 e. The highest BCUT2D eigenvalue weighted by molar-refractivity contribution is 4.83. The van der Waals surface area contributed by atoms with Gasteiger partial charge < -0.3 is 0 Å². The van der Waals surface area contributed by atoms with Gasteiger partial charge in [0.1, 0.15) is 12.4 Å². The van der Waals surface area contributed by atoms with Gasteiger partial charge in [0.15, 0.2) is 0 Å². The second-order valence-corrected chi connectivity index (χ2v) is 9.47. The molecule has 0 atom stereocenters. The SMILES string of the molecule is CCCCCCCCCCCCCCCCn1cc[n+](CCCCCCC)c1CC. The van der Waals surface area contributed by atoms with Crippen LogP contribution in [0, 0.1) is 0 Å². The Morgan fingerprint density at radius 2 is 1.00 bits per heavy atom. The molecule has 0 aliphatic heterocycles. The summed E-state index contributed by atoms with van der Waals surface area (Å²) in [5, 5.41) is 0. The summed E-state index contributed by atoms with van der Waals surface area (Å²) in [6.07, 6.45) is 32.8. The summed E-state index contributed by atoms with van der Waals surface area (Å²) in [5.74, 6) is 1.53. The number of hydrogen-bond donors (Lipinski definition) is 0. The van der Waals surface area contributed by atoms with E-state index in [2.05, 4.69) is 42.3 Å². The van der Waals surface area contributed by atoms with Crippen molar-refractivity contribution in [2.75, 3.05) is 0 Å². The largest absolute Gasteiger partial charge is 0.256 e. The third-order valence-corrected chi connectivity index (χ3v) is 6.66. The van der Waals surface area contributed by atoms with E-state index in [1.807, 2.05) is 0 Å². The third-order valence-electron chi connectivity index (χ3n) is 6.66. The van der Waals surface area contributed by atoms with Gasteiger partial charge in [-0.1, -0.05) is 117 Å². The Morgan fingerprint density at radius 3 is 1.47 bits per heavy atom. The predicted octanol–water partition coefficient (Wildman–Crippen LogP) is 8.79. The minimum Gasteiger partial charge on any atom is -0.234 e. The van der Waals surface area contributed by atoms with E-state index in [1.165, 1.54) is 141 Å². The van der Waals surface area contributed by atoms with Crippen molar-refractivity contribution >= 4 is 0 Å². The van der Waals surface area contributed by atoms with Crippen molar-refractivity contribution in [1.29, 1.82) is 0 Å². The van der Waals surface area contributed by atoms with Crippen LogP contribution in [-0.4, -0.2) is 4.57 Å². The number of aromatic nitrogens is 2. The van der Waals surface area contributed by atoms with E-state index in [4.69, 9.17) is 0 Å². The zero-order valence-corrected chi connectivity index (χ0v) is 21.1. The first-order chi connectivity index (χ1) is 14.8. The van der Waals surface area contributed by atoms with E-state index in [-0.39, 0.29) is 0 Å². The molecule has 0 N–H and O–H groups in total. The Kier molecular flexibility index (Phi) is 18.3. The number of rotatable bonds is 22. The molecule has 0 aliphatic rings. The molecule has 0 saturated heterocycles. The van der Waals surface area contributed by atoms with Crippen molar-refractivity contribution in [2.24, 2.45) is 0 Å². The van der Waals surface area contributed by atoms with E-state index in [1.54, 1.807) is 0 Å². The molecule has 0 unspecified atom stereocenters. The minimum atomic E-state index is 1.15. The van der Waals surface area contributed by atoms with Crippen molar-refractivity contribution in [2.45, 2.75) is 162 Å². The first kappa shape index (κ1) is 27.2. The lowest BCUT2D eigenvalue weighted by Gasteiger charge is -2.05. The number of imidazole rings is 1. The van der Waals surface area contributed by atoms with Crippen LogP contribution in [0.2, 0.25) is 0 Å². The van der Waals surface area contributed by atoms with Crippen LogP contribution in [0.25, 0.3) is 0 Å². The number of unbranched alkanes of at least 4 members (excludes halogenated alkanes) is 17. The van der Waals surface area contributed by atoms with Crippen LogP contribution in [0.4, 0.5) is 0 Å². The molecular formula is C28H55N2+. The molecule has 176 valence electrons. The van der Waals surface area contributed by atoms with Crippen LogP contribution in [0.5, 0.6) is 0 Å². The molecule has 0 amide bonds. The van der Waals surface area contributed by atoms with Gasteiger partial charge in [-0.3, -0.25) is 0 Å². The summed E-state index contributed by atoms with van der Waals surface area (Å²) in [6, 6.07) is 0. The maximum Gasteiger partial charge on any atom is 0.256 e. The van der Waals surface area contributed by atoms with Gasteiger partial charge in [-0.05, 0) is 25.7 Å². The lowest BCUT2D eigenvalue weighted by molar-refractivity contribution is -0.704. The average Bonchev–Trinajstić information content (AvgIpc) is 3.15. The summed E-state index contributed by atoms with van der Waals surface area (Å²) in [7, 11) is 0. The second-order valence-electron chi connectivity index (χ2n) is 9.47. The Hall–Kier alpha value is -0.790. The molecule has 1 rings (SSSR count). The maximum absolute atomic E-state index is 2.52. The molecule has 2 heteroatoms. The van der Waals surface area contributed by atoms with Crippen LogP contribution >= 0.6 is 0 Å². The van der Waals surface area contributed by atoms with Gasteiger partial charge in [0.2, 0.25) is 0 Å². The van der Waals surface area contributed by atoms with E-state index in [0.29, 0.717) is 0 Å². The number of aryl methyl sites for hydroxylation is 2. The molecule has 0 bridgehead atoms. The fourth-order valence-corrected chi connectivity index (χ4v) is 4.67. The number of hydrogen-bond acceptors (Lipinski definition) is 0. The molecular weight excluding hydrogens is 364 g/mol. The second kappa shape index (κ2) is 20.1. The van der Waals surface area contributed by atoms with Gasteiger partial charge in [-0.2, -0.15) is 0 Å². The zero-order valence-electron chi connectivity index (χ0n) is 21.1. The van der Waals surface area contributed by atoms with E-state index >= 15 is 0 Å². The molecule has 1 aromatic rings. The summed E-state index contributed by atoms with van der Waals surface area (Å²) >= 11 is 0. The summed E-state index contributed by atoms with van der Waals surface area (Å²) < 4.78 is 5.03. The Morgan fingerprint density at radius 1 is 0.567 bits per heavy atom. The molecule has 0 saturated carbocycles. The summed E-state index contributed by atoms with van der Waals surface area (Å²) in [6.45, 7) is 9.32. The van der Waals surface area contributed by atoms with Crippen LogP contribution in [-0.2, 0) is 19.5 Å². The van der Waals surface area contributed by atoms with Crippen molar-refractivity contribution in [3.63, 3.8) is 0 Å². The molecule has 30 heavy (non-hydrogen) atoms. The monoisotopic (exact) mass is 419 g/mol. The van der Waals surface area contributed by atoms with Gasteiger partial charge in [0, 0.05) is 6.42 Å². The molecule has 2 nitrogen and oxygen atoms in total. The van der Waals surface area contributed by atoms with Crippen LogP contribution in [0.3, 0.4) is 0 Å². The van der Waals surface area contributed by atoms with Crippen LogP contribution in [0.1, 0.15) is 149 Å². The third kappa shape index (κ3) is 13.5. The van der Waals surface area contributed by atoms with E-state index in [0.717, 1.165) is 6.42 Å². The molecule has 0 aromatic carbocycles. The average molecular weight is 420 g/mol. The van der Waals surface area contributed by atoms with Gasteiger partial charge in [0.05, 0.1) is 13.1 Å². The van der Waals surface area contributed by atoms with Gasteiger partial charge in [-0.25, -0.2) is 9.13 Å². The molecule has 0 fully saturated rings. The Bertz CT molecular complexity index is 477. The zero-order chi connectivity index (χ0) is 21.7. The lowest BCUT2D eigenvalue weighted by atomic mass is 10.0. The van der Waals surface area contributed by atoms with Crippen LogP contribution < -0.4 is 4.57 Å². The minimum absolute atomic E-state index is 1.15. The lowest BCUT2D eigenvalue weighted by Crippen LogP contribution is -2.37. The fraction of sp³-hybridized carbons (Fsp3) is 0.893. The Labute approximate surface area is 189 Å². The molecule has 0 radical (unpaired) electrons. The van der Waals surface area contributed by atoms with Gasteiger partial charge >= 0.3 is 0 Å². The normalized spacial score (nSPS) is 11.4. The quantitative estimate of drug-likeness (QED) is 0.131. The van der Waals surface area contributed by atoms with Crippen molar-refractivity contribution in [3.05, 3.63) is 18.2 Å².